The van der Waals surface area contributed by atoms with Crippen LogP contribution in [0.2, 0.25) is 0 Å². The first kappa shape index (κ1) is 23.9. The monoisotopic (exact) mass is 416 g/mol. The number of amides is 1. The van der Waals surface area contributed by atoms with Crippen LogP contribution >= 0.6 is 0 Å². The summed E-state index contributed by atoms with van der Waals surface area (Å²) < 4.78 is 5.22. The predicted molar refractivity (Wildman–Crippen MR) is 119 cm³/mol. The Bertz CT molecular complexity index is 734. The van der Waals surface area contributed by atoms with Crippen LogP contribution in [-0.4, -0.2) is 59.9 Å². The van der Waals surface area contributed by atoms with E-state index in [1.165, 1.54) is 6.92 Å². The zero-order chi connectivity index (χ0) is 22.1. The minimum atomic E-state index is -0.555. The molecule has 30 heavy (non-hydrogen) atoms. The van der Waals surface area contributed by atoms with Crippen molar-refractivity contribution in [3.05, 3.63) is 41.2 Å². The lowest BCUT2D eigenvalue weighted by Crippen LogP contribution is -2.35. The number of nitrogens with zero attached hydrogens (tertiary/aromatic N) is 2. The molecule has 2 rings (SSSR count). The van der Waals surface area contributed by atoms with E-state index in [-0.39, 0.29) is 11.4 Å². The number of carbonyl (C=O) groups excluding carboxylic acids is 2. The second-order valence-electron chi connectivity index (χ2n) is 7.90. The summed E-state index contributed by atoms with van der Waals surface area (Å²) in [6, 6.07) is 6.76. The summed E-state index contributed by atoms with van der Waals surface area (Å²) in [6.07, 6.45) is 5.44. The summed E-state index contributed by atoms with van der Waals surface area (Å²) in [5, 5.41) is 10.4. The van der Waals surface area contributed by atoms with Gasteiger partial charge in [-0.1, -0.05) is 38.8 Å². The van der Waals surface area contributed by atoms with Crippen molar-refractivity contribution in [3.8, 4) is 5.75 Å². The van der Waals surface area contributed by atoms with E-state index < -0.39 is 17.7 Å². The zero-order valence-electron chi connectivity index (χ0n) is 18.8. The molecule has 166 valence electrons. The average molecular weight is 417 g/mol. The number of hydrogen-bond acceptors (Lipinski definition) is 5. The molecule has 1 aromatic carbocycles. The number of rotatable bonds is 13. The van der Waals surface area contributed by atoms with Crippen LogP contribution < -0.4 is 4.74 Å². The Kier molecular flexibility index (Phi) is 9.37. The number of aliphatic hydroxyl groups is 1. The third kappa shape index (κ3) is 5.85. The molecule has 0 radical (unpaired) electrons. The van der Waals surface area contributed by atoms with Crippen LogP contribution in [0.25, 0.3) is 0 Å². The normalized spacial score (nSPS) is 16.6. The summed E-state index contributed by atoms with van der Waals surface area (Å²) in [5.41, 5.74) is 0.978. The molecule has 1 N–H and O–H groups in total. The maximum Gasteiger partial charge on any atom is 0.290 e. The van der Waals surface area contributed by atoms with Gasteiger partial charge < -0.3 is 19.6 Å². The lowest BCUT2D eigenvalue weighted by atomic mass is 9.96. The van der Waals surface area contributed by atoms with Gasteiger partial charge in [-0.05, 0) is 63.5 Å². The summed E-state index contributed by atoms with van der Waals surface area (Å²) in [5.74, 6) is -0.460. The van der Waals surface area contributed by atoms with E-state index >= 15 is 0 Å². The van der Waals surface area contributed by atoms with Gasteiger partial charge in [-0.2, -0.15) is 0 Å². The van der Waals surface area contributed by atoms with Crippen molar-refractivity contribution in [1.82, 2.24) is 9.80 Å². The van der Waals surface area contributed by atoms with Crippen molar-refractivity contribution in [3.63, 3.8) is 0 Å². The number of benzene rings is 1. The Hall–Kier alpha value is -2.34. The van der Waals surface area contributed by atoms with Crippen LogP contribution in [0.15, 0.2) is 35.6 Å². The van der Waals surface area contributed by atoms with Crippen molar-refractivity contribution in [2.45, 2.75) is 58.9 Å². The van der Waals surface area contributed by atoms with E-state index in [9.17, 15) is 14.7 Å². The fourth-order valence-corrected chi connectivity index (χ4v) is 3.94. The molecule has 0 unspecified atom stereocenters. The molecule has 0 aromatic heterocycles. The molecule has 1 aromatic rings. The van der Waals surface area contributed by atoms with Gasteiger partial charge in [0.05, 0.1) is 18.7 Å². The highest BCUT2D eigenvalue weighted by molar-refractivity contribution is 6.08. The SMILES string of the molecule is CCCCN(CCCC)CCCN1C(=O)C(O)=C(C(C)=O)[C@@H]1c1ccc(OC)cc1. The highest BCUT2D eigenvalue weighted by Crippen LogP contribution is 2.38. The number of unbranched alkanes of at least 4 members (excludes halogenated alkanes) is 2. The number of ether oxygens (including phenoxy) is 1. The number of aliphatic hydroxyl groups excluding tert-OH is 1. The molecule has 6 nitrogen and oxygen atoms in total. The largest absolute Gasteiger partial charge is 0.503 e. The second-order valence-corrected chi connectivity index (χ2v) is 7.90. The van der Waals surface area contributed by atoms with Crippen LogP contribution in [0.4, 0.5) is 0 Å². The van der Waals surface area contributed by atoms with E-state index in [2.05, 4.69) is 18.7 Å². The van der Waals surface area contributed by atoms with Crippen molar-refractivity contribution >= 4 is 11.7 Å². The molecule has 1 amide bonds. The molecule has 1 aliphatic heterocycles. The molecule has 1 atom stereocenters. The Morgan fingerprint density at radius 2 is 1.63 bits per heavy atom. The molecule has 1 heterocycles. The first-order chi connectivity index (χ1) is 14.4. The van der Waals surface area contributed by atoms with E-state index in [1.54, 1.807) is 12.0 Å². The summed E-state index contributed by atoms with van der Waals surface area (Å²) >= 11 is 0. The summed E-state index contributed by atoms with van der Waals surface area (Å²) in [6.45, 7) is 9.30. The number of hydrogen-bond donors (Lipinski definition) is 1. The van der Waals surface area contributed by atoms with E-state index in [0.29, 0.717) is 12.3 Å². The lowest BCUT2D eigenvalue weighted by Gasteiger charge is -2.28. The van der Waals surface area contributed by atoms with Gasteiger partial charge >= 0.3 is 0 Å². The summed E-state index contributed by atoms with van der Waals surface area (Å²) in [7, 11) is 1.59. The standard InChI is InChI=1S/C24H36N2O4/c1-5-7-14-25(15-8-6-2)16-9-17-26-22(19-10-12-20(30-4)13-11-19)21(18(3)27)23(28)24(26)29/h10-13,22,28H,5-9,14-17H2,1-4H3/t22-/m0/s1. The molecule has 0 saturated carbocycles. The Balaban J connectivity index is 2.15. The Labute approximate surface area is 180 Å². The fraction of sp³-hybridized carbons (Fsp3) is 0.583. The fourth-order valence-electron chi connectivity index (χ4n) is 3.94. The zero-order valence-corrected chi connectivity index (χ0v) is 18.8. The van der Waals surface area contributed by atoms with Gasteiger partial charge in [-0.15, -0.1) is 0 Å². The Morgan fingerprint density at radius 3 is 2.13 bits per heavy atom. The van der Waals surface area contributed by atoms with E-state index in [0.717, 1.165) is 57.3 Å². The molecule has 0 saturated heterocycles. The highest BCUT2D eigenvalue weighted by atomic mass is 16.5. The first-order valence-electron chi connectivity index (χ1n) is 11.1. The molecule has 0 fully saturated rings. The highest BCUT2D eigenvalue weighted by Gasteiger charge is 2.42. The smallest absolute Gasteiger partial charge is 0.290 e. The minimum Gasteiger partial charge on any atom is -0.503 e. The van der Waals surface area contributed by atoms with Crippen LogP contribution in [0.3, 0.4) is 0 Å². The van der Waals surface area contributed by atoms with E-state index in [4.69, 9.17) is 4.74 Å². The molecule has 0 aliphatic carbocycles. The molecule has 6 heteroatoms. The third-order valence-electron chi connectivity index (χ3n) is 5.64. The maximum absolute atomic E-state index is 12.8. The van der Waals surface area contributed by atoms with Crippen LogP contribution in [0.1, 0.15) is 64.5 Å². The maximum atomic E-state index is 12.8. The van der Waals surface area contributed by atoms with Crippen LogP contribution in [-0.2, 0) is 9.59 Å². The van der Waals surface area contributed by atoms with Gasteiger partial charge in [0.25, 0.3) is 5.91 Å². The number of methoxy groups -OCH3 is 1. The molecule has 0 spiro atoms. The van der Waals surface area contributed by atoms with E-state index in [1.807, 2.05) is 24.3 Å². The molecule has 1 aliphatic rings. The van der Waals surface area contributed by atoms with Gasteiger partial charge in [0.15, 0.2) is 11.5 Å². The Morgan fingerprint density at radius 1 is 1.07 bits per heavy atom. The van der Waals surface area contributed by atoms with Crippen molar-refractivity contribution in [2.24, 2.45) is 0 Å². The van der Waals surface area contributed by atoms with Gasteiger partial charge in [-0.25, -0.2) is 0 Å². The number of Topliss-reactive ketones (excluding diaryl/α,β-unsaturated/α-hetero) is 1. The van der Waals surface area contributed by atoms with Crippen molar-refractivity contribution in [2.75, 3.05) is 33.3 Å². The van der Waals surface area contributed by atoms with Gasteiger partial charge in [0, 0.05) is 6.54 Å². The van der Waals surface area contributed by atoms with Crippen LogP contribution in [0.5, 0.6) is 5.75 Å². The van der Waals surface area contributed by atoms with Gasteiger partial charge in [0.1, 0.15) is 5.75 Å². The number of carbonyl (C=O) groups is 2. The third-order valence-corrected chi connectivity index (χ3v) is 5.64. The molecular formula is C24H36N2O4. The van der Waals surface area contributed by atoms with Gasteiger partial charge in [-0.3, -0.25) is 9.59 Å². The van der Waals surface area contributed by atoms with Crippen molar-refractivity contribution in [1.29, 1.82) is 0 Å². The second kappa shape index (κ2) is 11.7. The predicted octanol–water partition coefficient (Wildman–Crippen LogP) is 4.27. The quantitative estimate of drug-likeness (QED) is 0.520. The topological polar surface area (TPSA) is 70.1 Å². The average Bonchev–Trinajstić information content (AvgIpc) is 3.00. The summed E-state index contributed by atoms with van der Waals surface area (Å²) in [4.78, 5) is 29.1. The number of ketones is 1. The first-order valence-corrected chi connectivity index (χ1v) is 11.1. The van der Waals surface area contributed by atoms with Crippen LogP contribution in [0, 0.1) is 0 Å². The van der Waals surface area contributed by atoms with Gasteiger partial charge in [0.2, 0.25) is 0 Å². The molecule has 0 bridgehead atoms. The minimum absolute atomic E-state index is 0.180. The molecular weight excluding hydrogens is 380 g/mol. The van der Waals surface area contributed by atoms with Crippen molar-refractivity contribution < 1.29 is 19.4 Å². The lowest BCUT2D eigenvalue weighted by molar-refractivity contribution is -0.129.